The zero-order chi connectivity index (χ0) is 20.5. The summed E-state index contributed by atoms with van der Waals surface area (Å²) in [5.41, 5.74) is 4.81. The smallest absolute Gasteiger partial charge is 0.236 e. The SMILES string of the molecule is COc1cc(-c2c(Nc3ccc(C)cc3C)nc3ncccn23)cc(OC)c1O. The molecule has 4 aromatic rings. The van der Waals surface area contributed by atoms with Gasteiger partial charge in [0, 0.05) is 23.6 Å². The van der Waals surface area contributed by atoms with Gasteiger partial charge in [-0.1, -0.05) is 17.7 Å². The molecule has 0 bridgehead atoms. The molecule has 0 fully saturated rings. The average molecular weight is 390 g/mol. The van der Waals surface area contributed by atoms with Crippen molar-refractivity contribution in [3.63, 3.8) is 0 Å². The summed E-state index contributed by atoms with van der Waals surface area (Å²) in [5, 5.41) is 13.7. The number of nitrogens with zero attached hydrogens (tertiary/aromatic N) is 3. The summed E-state index contributed by atoms with van der Waals surface area (Å²) < 4.78 is 12.6. The molecule has 4 rings (SSSR count). The number of rotatable bonds is 5. The van der Waals surface area contributed by atoms with Crippen LogP contribution in [0.4, 0.5) is 11.5 Å². The number of benzene rings is 2. The Balaban J connectivity index is 1.93. The first-order valence-corrected chi connectivity index (χ1v) is 9.14. The summed E-state index contributed by atoms with van der Waals surface area (Å²) in [4.78, 5) is 9.05. The van der Waals surface area contributed by atoms with Crippen molar-refractivity contribution in [2.24, 2.45) is 0 Å². The molecule has 0 saturated heterocycles. The fourth-order valence-electron chi connectivity index (χ4n) is 3.36. The number of fused-ring (bicyclic) bond motifs is 1. The predicted molar refractivity (Wildman–Crippen MR) is 112 cm³/mol. The van der Waals surface area contributed by atoms with E-state index in [2.05, 4.69) is 41.3 Å². The maximum absolute atomic E-state index is 10.3. The van der Waals surface area contributed by atoms with Crippen molar-refractivity contribution in [1.29, 1.82) is 0 Å². The van der Waals surface area contributed by atoms with Crippen molar-refractivity contribution >= 4 is 17.3 Å². The average Bonchev–Trinajstić information content (AvgIpc) is 3.08. The van der Waals surface area contributed by atoms with E-state index < -0.39 is 0 Å². The lowest BCUT2D eigenvalue weighted by molar-refractivity contribution is 0.340. The molecule has 0 aliphatic rings. The van der Waals surface area contributed by atoms with Crippen molar-refractivity contribution in [2.75, 3.05) is 19.5 Å². The summed E-state index contributed by atoms with van der Waals surface area (Å²) in [6.45, 7) is 4.11. The summed E-state index contributed by atoms with van der Waals surface area (Å²) in [6.07, 6.45) is 3.59. The van der Waals surface area contributed by atoms with Crippen molar-refractivity contribution in [3.8, 4) is 28.5 Å². The van der Waals surface area contributed by atoms with Gasteiger partial charge in [0.1, 0.15) is 0 Å². The molecule has 0 radical (unpaired) electrons. The summed E-state index contributed by atoms with van der Waals surface area (Å²) >= 11 is 0. The van der Waals surface area contributed by atoms with Gasteiger partial charge in [-0.05, 0) is 43.7 Å². The largest absolute Gasteiger partial charge is 0.502 e. The quantitative estimate of drug-likeness (QED) is 0.523. The Labute approximate surface area is 168 Å². The van der Waals surface area contributed by atoms with E-state index in [0.29, 0.717) is 23.1 Å². The van der Waals surface area contributed by atoms with E-state index in [1.807, 2.05) is 22.7 Å². The molecule has 2 aromatic heterocycles. The van der Waals surface area contributed by atoms with Crippen LogP contribution in [0.1, 0.15) is 11.1 Å². The fourth-order valence-corrected chi connectivity index (χ4v) is 3.36. The van der Waals surface area contributed by atoms with Crippen LogP contribution >= 0.6 is 0 Å². The van der Waals surface area contributed by atoms with Gasteiger partial charge in [-0.15, -0.1) is 0 Å². The number of anilines is 2. The molecule has 0 saturated carbocycles. The lowest BCUT2D eigenvalue weighted by atomic mass is 10.1. The van der Waals surface area contributed by atoms with Crippen molar-refractivity contribution in [3.05, 3.63) is 59.9 Å². The van der Waals surface area contributed by atoms with Crippen molar-refractivity contribution in [2.45, 2.75) is 13.8 Å². The third kappa shape index (κ3) is 3.31. The van der Waals surface area contributed by atoms with Gasteiger partial charge in [0.2, 0.25) is 11.5 Å². The van der Waals surface area contributed by atoms with E-state index in [1.165, 1.54) is 19.8 Å². The molecular weight excluding hydrogens is 368 g/mol. The molecule has 0 spiro atoms. The molecule has 7 heteroatoms. The normalized spacial score (nSPS) is 10.9. The number of methoxy groups -OCH3 is 2. The Kier molecular flexibility index (Phi) is 4.72. The topological polar surface area (TPSA) is 80.9 Å². The monoisotopic (exact) mass is 390 g/mol. The van der Waals surface area contributed by atoms with Crippen LogP contribution in [-0.2, 0) is 0 Å². The molecule has 2 aromatic carbocycles. The number of aromatic hydroxyl groups is 1. The summed E-state index contributed by atoms with van der Waals surface area (Å²) in [5.74, 6) is 1.78. The number of aryl methyl sites for hydroxylation is 2. The van der Waals surface area contributed by atoms with E-state index >= 15 is 0 Å². The van der Waals surface area contributed by atoms with Gasteiger partial charge in [0.25, 0.3) is 0 Å². The van der Waals surface area contributed by atoms with E-state index in [-0.39, 0.29) is 5.75 Å². The van der Waals surface area contributed by atoms with Gasteiger partial charge in [-0.3, -0.25) is 4.40 Å². The van der Waals surface area contributed by atoms with Crippen molar-refractivity contribution < 1.29 is 14.6 Å². The number of phenolic OH excluding ortho intramolecular Hbond substituents is 1. The third-order valence-corrected chi connectivity index (χ3v) is 4.79. The zero-order valence-corrected chi connectivity index (χ0v) is 16.7. The Hall–Kier alpha value is -3.74. The van der Waals surface area contributed by atoms with E-state index in [9.17, 15) is 5.11 Å². The molecular formula is C22H22N4O3. The molecule has 0 amide bonds. The van der Waals surface area contributed by atoms with Gasteiger partial charge in [-0.2, -0.15) is 4.98 Å². The number of imidazole rings is 1. The van der Waals surface area contributed by atoms with E-state index in [4.69, 9.17) is 9.47 Å². The molecule has 0 atom stereocenters. The Morgan fingerprint density at radius 2 is 1.76 bits per heavy atom. The van der Waals surface area contributed by atoms with E-state index in [1.54, 1.807) is 18.3 Å². The van der Waals surface area contributed by atoms with Gasteiger partial charge in [-0.25, -0.2) is 4.98 Å². The number of phenols is 1. The van der Waals surface area contributed by atoms with Crippen LogP contribution in [0.5, 0.6) is 17.2 Å². The van der Waals surface area contributed by atoms with Crippen molar-refractivity contribution in [1.82, 2.24) is 14.4 Å². The van der Waals surface area contributed by atoms with Crippen LogP contribution in [-0.4, -0.2) is 33.7 Å². The third-order valence-electron chi connectivity index (χ3n) is 4.79. The highest BCUT2D eigenvalue weighted by molar-refractivity contribution is 5.82. The highest BCUT2D eigenvalue weighted by Gasteiger charge is 2.20. The van der Waals surface area contributed by atoms with Gasteiger partial charge >= 0.3 is 0 Å². The first-order valence-electron chi connectivity index (χ1n) is 9.14. The highest BCUT2D eigenvalue weighted by atomic mass is 16.5. The second-order valence-electron chi connectivity index (χ2n) is 6.77. The molecule has 0 aliphatic carbocycles. The second-order valence-corrected chi connectivity index (χ2v) is 6.77. The Morgan fingerprint density at radius 3 is 2.41 bits per heavy atom. The maximum Gasteiger partial charge on any atom is 0.236 e. The summed E-state index contributed by atoms with van der Waals surface area (Å²) in [6, 6.07) is 11.5. The van der Waals surface area contributed by atoms with Crippen LogP contribution in [0.2, 0.25) is 0 Å². The molecule has 2 heterocycles. The summed E-state index contributed by atoms with van der Waals surface area (Å²) in [7, 11) is 3.01. The predicted octanol–water partition coefficient (Wildman–Crippen LogP) is 4.48. The Bertz CT molecular complexity index is 1180. The Morgan fingerprint density at radius 1 is 1.03 bits per heavy atom. The first-order chi connectivity index (χ1) is 14.0. The molecule has 29 heavy (non-hydrogen) atoms. The van der Waals surface area contributed by atoms with E-state index in [0.717, 1.165) is 22.5 Å². The molecule has 2 N–H and O–H groups in total. The van der Waals surface area contributed by atoms with Crippen LogP contribution in [0.25, 0.3) is 17.0 Å². The number of aromatic nitrogens is 3. The second kappa shape index (κ2) is 7.35. The minimum Gasteiger partial charge on any atom is -0.502 e. The lowest BCUT2D eigenvalue weighted by Gasteiger charge is -2.13. The van der Waals surface area contributed by atoms with Gasteiger partial charge in [0.05, 0.1) is 19.9 Å². The molecule has 7 nitrogen and oxygen atoms in total. The maximum atomic E-state index is 10.3. The highest BCUT2D eigenvalue weighted by Crippen LogP contribution is 2.42. The molecule has 0 aliphatic heterocycles. The van der Waals surface area contributed by atoms with Crippen LogP contribution < -0.4 is 14.8 Å². The molecule has 148 valence electrons. The first kappa shape index (κ1) is 18.6. The zero-order valence-electron chi connectivity index (χ0n) is 16.7. The van der Waals surface area contributed by atoms with Crippen LogP contribution in [0, 0.1) is 13.8 Å². The molecule has 0 unspecified atom stereocenters. The minimum atomic E-state index is -0.0467. The number of nitrogens with one attached hydrogen (secondary N) is 1. The number of hydrogen-bond donors (Lipinski definition) is 2. The minimum absolute atomic E-state index is 0.0467. The fraction of sp³-hybridized carbons (Fsp3) is 0.182. The number of hydrogen-bond acceptors (Lipinski definition) is 6. The van der Waals surface area contributed by atoms with Crippen LogP contribution in [0.15, 0.2) is 48.8 Å². The van der Waals surface area contributed by atoms with Crippen LogP contribution in [0.3, 0.4) is 0 Å². The van der Waals surface area contributed by atoms with Gasteiger partial charge < -0.3 is 19.9 Å². The number of ether oxygens (including phenoxy) is 2. The standard InChI is InChI=1S/C22H22N4O3/c1-13-6-7-16(14(2)10-13)24-21-19(26-9-5-8-23-22(26)25-21)15-11-17(28-3)20(27)18(12-15)29-4/h5-12,24,27H,1-4H3. The van der Waals surface area contributed by atoms with Gasteiger partial charge in [0.15, 0.2) is 17.3 Å². The lowest BCUT2D eigenvalue weighted by Crippen LogP contribution is -1.98.